The van der Waals surface area contributed by atoms with Gasteiger partial charge in [0.05, 0.1) is 5.54 Å². The van der Waals surface area contributed by atoms with Gasteiger partial charge < -0.3 is 10.4 Å². The van der Waals surface area contributed by atoms with Gasteiger partial charge >= 0.3 is 0 Å². The highest BCUT2D eigenvalue weighted by molar-refractivity contribution is 6.35. The van der Waals surface area contributed by atoms with Crippen molar-refractivity contribution in [1.82, 2.24) is 5.32 Å². The minimum Gasteiger partial charge on any atom is -0.510 e. The summed E-state index contributed by atoms with van der Waals surface area (Å²) >= 11 is 11.9. The Morgan fingerprint density at radius 2 is 2.05 bits per heavy atom. The van der Waals surface area contributed by atoms with Gasteiger partial charge in [-0.3, -0.25) is 4.79 Å². The molecule has 0 aliphatic rings. The van der Waals surface area contributed by atoms with Gasteiger partial charge in [0.15, 0.2) is 0 Å². The van der Waals surface area contributed by atoms with Crippen LogP contribution in [0.15, 0.2) is 24.0 Å². The maximum absolute atomic E-state index is 10.7. The van der Waals surface area contributed by atoms with Crippen LogP contribution in [0.25, 0.3) is 6.08 Å². The summed E-state index contributed by atoms with van der Waals surface area (Å²) in [6.45, 7) is 5.57. The SMILES string of the molecule is CC(C)C(C)(NC=O)/C(O)=C/c1ccc(Cl)cc1Cl. The molecule has 19 heavy (non-hydrogen) atoms. The van der Waals surface area contributed by atoms with Crippen molar-refractivity contribution in [2.24, 2.45) is 5.92 Å². The Morgan fingerprint density at radius 1 is 1.42 bits per heavy atom. The molecule has 1 atom stereocenters. The maximum atomic E-state index is 10.7. The number of rotatable bonds is 5. The molecule has 0 radical (unpaired) electrons. The number of hydrogen-bond donors (Lipinski definition) is 2. The second kappa shape index (κ2) is 6.31. The molecule has 104 valence electrons. The second-order valence-corrected chi connectivity index (χ2v) is 5.66. The molecule has 0 aliphatic carbocycles. The van der Waals surface area contributed by atoms with E-state index in [0.717, 1.165) is 0 Å². The molecule has 0 heterocycles. The highest BCUT2D eigenvalue weighted by Gasteiger charge is 2.32. The molecule has 5 heteroatoms. The highest BCUT2D eigenvalue weighted by Crippen LogP contribution is 2.28. The predicted molar refractivity (Wildman–Crippen MR) is 79.5 cm³/mol. The highest BCUT2D eigenvalue weighted by atomic mass is 35.5. The monoisotopic (exact) mass is 301 g/mol. The quantitative estimate of drug-likeness (QED) is 0.636. The first-order chi connectivity index (χ1) is 8.81. The van der Waals surface area contributed by atoms with Gasteiger partial charge in [0, 0.05) is 10.0 Å². The van der Waals surface area contributed by atoms with E-state index < -0.39 is 5.54 Å². The van der Waals surface area contributed by atoms with Crippen molar-refractivity contribution in [3.63, 3.8) is 0 Å². The van der Waals surface area contributed by atoms with E-state index in [1.165, 1.54) is 6.08 Å². The van der Waals surface area contributed by atoms with Crippen molar-refractivity contribution in [2.75, 3.05) is 0 Å². The van der Waals surface area contributed by atoms with Crippen LogP contribution in [-0.2, 0) is 4.79 Å². The van der Waals surface area contributed by atoms with E-state index in [9.17, 15) is 9.90 Å². The first-order valence-corrected chi connectivity index (χ1v) is 6.64. The largest absolute Gasteiger partial charge is 0.510 e. The van der Waals surface area contributed by atoms with Crippen molar-refractivity contribution in [3.05, 3.63) is 39.6 Å². The Bertz CT molecular complexity index is 500. The molecule has 0 aliphatic heterocycles. The van der Waals surface area contributed by atoms with Crippen LogP contribution in [0, 0.1) is 5.92 Å². The van der Waals surface area contributed by atoms with Crippen molar-refractivity contribution in [2.45, 2.75) is 26.3 Å². The third-order valence-electron chi connectivity index (χ3n) is 3.30. The summed E-state index contributed by atoms with van der Waals surface area (Å²) in [6, 6.07) is 5.00. The molecule has 1 unspecified atom stereocenters. The molecule has 2 N–H and O–H groups in total. The first kappa shape index (κ1) is 15.9. The Balaban J connectivity index is 3.18. The molecule has 0 fully saturated rings. The van der Waals surface area contributed by atoms with Crippen LogP contribution in [0.4, 0.5) is 0 Å². The second-order valence-electron chi connectivity index (χ2n) is 4.81. The van der Waals surface area contributed by atoms with Gasteiger partial charge in [-0.15, -0.1) is 0 Å². The molecule has 1 amide bonds. The van der Waals surface area contributed by atoms with Gasteiger partial charge in [0.2, 0.25) is 6.41 Å². The van der Waals surface area contributed by atoms with Crippen molar-refractivity contribution in [1.29, 1.82) is 0 Å². The average molecular weight is 302 g/mol. The lowest BCUT2D eigenvalue weighted by atomic mass is 9.86. The fourth-order valence-corrected chi connectivity index (χ4v) is 2.04. The fraction of sp³-hybridized carbons (Fsp3) is 0.357. The molecule has 0 aromatic heterocycles. The first-order valence-electron chi connectivity index (χ1n) is 5.88. The minimum atomic E-state index is -0.843. The van der Waals surface area contributed by atoms with Crippen LogP contribution in [0.1, 0.15) is 26.3 Å². The van der Waals surface area contributed by atoms with Gasteiger partial charge in [-0.05, 0) is 36.6 Å². The summed E-state index contributed by atoms with van der Waals surface area (Å²) in [5, 5.41) is 13.9. The van der Waals surface area contributed by atoms with Crippen molar-refractivity contribution in [3.8, 4) is 0 Å². The standard InChI is InChI=1S/C14H17Cl2NO2/c1-9(2)14(3,17-8-18)13(19)6-10-4-5-11(15)7-12(10)16/h4-9,19H,1-3H3,(H,17,18)/b13-6-. The van der Waals surface area contributed by atoms with E-state index in [-0.39, 0.29) is 11.7 Å². The lowest BCUT2D eigenvalue weighted by Crippen LogP contribution is -2.47. The number of aliphatic hydroxyl groups is 1. The zero-order valence-corrected chi connectivity index (χ0v) is 12.6. The molecule has 1 aromatic carbocycles. The van der Waals surface area contributed by atoms with E-state index in [1.807, 2.05) is 13.8 Å². The molecule has 0 saturated heterocycles. The fourth-order valence-electron chi connectivity index (χ4n) is 1.57. The maximum Gasteiger partial charge on any atom is 0.207 e. The lowest BCUT2D eigenvalue weighted by Gasteiger charge is -2.32. The van der Waals surface area contributed by atoms with E-state index in [1.54, 1.807) is 25.1 Å². The lowest BCUT2D eigenvalue weighted by molar-refractivity contribution is -0.111. The van der Waals surface area contributed by atoms with Gasteiger partial charge in [-0.2, -0.15) is 0 Å². The van der Waals surface area contributed by atoms with E-state index >= 15 is 0 Å². The predicted octanol–water partition coefficient (Wildman–Crippen LogP) is 4.05. The molecule has 3 nitrogen and oxygen atoms in total. The number of nitrogens with one attached hydrogen (secondary N) is 1. The van der Waals surface area contributed by atoms with E-state index in [0.29, 0.717) is 22.0 Å². The molecular formula is C14H17Cl2NO2. The van der Waals surface area contributed by atoms with Crippen LogP contribution in [0.5, 0.6) is 0 Å². The normalized spacial score (nSPS) is 15.2. The van der Waals surface area contributed by atoms with Crippen LogP contribution >= 0.6 is 23.2 Å². The molecule has 0 spiro atoms. The Morgan fingerprint density at radius 3 is 2.53 bits per heavy atom. The molecule has 1 rings (SSSR count). The van der Waals surface area contributed by atoms with Gasteiger partial charge in [0.25, 0.3) is 0 Å². The van der Waals surface area contributed by atoms with Crippen LogP contribution < -0.4 is 5.32 Å². The van der Waals surface area contributed by atoms with Gasteiger partial charge in [0.1, 0.15) is 5.76 Å². The van der Waals surface area contributed by atoms with Gasteiger partial charge in [-0.25, -0.2) is 0 Å². The Kier molecular flexibility index (Phi) is 5.27. The smallest absolute Gasteiger partial charge is 0.207 e. The number of carbonyl (C=O) groups is 1. The number of amides is 1. The zero-order valence-electron chi connectivity index (χ0n) is 11.1. The number of aliphatic hydroxyl groups excluding tert-OH is 1. The minimum absolute atomic E-state index is 0.0139. The topological polar surface area (TPSA) is 49.3 Å². The third kappa shape index (κ3) is 3.64. The molecule has 1 aromatic rings. The van der Waals surface area contributed by atoms with E-state index in [2.05, 4.69) is 5.32 Å². The zero-order chi connectivity index (χ0) is 14.6. The average Bonchev–Trinajstić information content (AvgIpc) is 2.32. The van der Waals surface area contributed by atoms with Crippen molar-refractivity contribution < 1.29 is 9.90 Å². The molecular weight excluding hydrogens is 285 g/mol. The number of halogens is 2. The third-order valence-corrected chi connectivity index (χ3v) is 3.86. The summed E-state index contributed by atoms with van der Waals surface area (Å²) in [6.07, 6.45) is 2.11. The summed E-state index contributed by atoms with van der Waals surface area (Å²) in [7, 11) is 0. The summed E-state index contributed by atoms with van der Waals surface area (Å²) in [5.74, 6) is 0.0545. The van der Waals surface area contributed by atoms with Gasteiger partial charge in [-0.1, -0.05) is 43.1 Å². The summed E-state index contributed by atoms with van der Waals surface area (Å²) < 4.78 is 0. The number of hydrogen-bond acceptors (Lipinski definition) is 2. The van der Waals surface area contributed by atoms with Crippen LogP contribution in [0.2, 0.25) is 10.0 Å². The molecule has 0 saturated carbocycles. The Labute approximate surface area is 123 Å². The van der Waals surface area contributed by atoms with E-state index in [4.69, 9.17) is 23.2 Å². The van der Waals surface area contributed by atoms with Crippen LogP contribution in [0.3, 0.4) is 0 Å². The van der Waals surface area contributed by atoms with Crippen molar-refractivity contribution >= 4 is 35.7 Å². The Hall–Kier alpha value is -1.19. The summed E-state index contributed by atoms with van der Waals surface area (Å²) in [4.78, 5) is 10.7. The van der Waals surface area contributed by atoms with Crippen LogP contribution in [-0.4, -0.2) is 17.1 Å². The summed E-state index contributed by atoms with van der Waals surface area (Å²) in [5.41, 5.74) is -0.201. The molecule has 0 bridgehead atoms. The number of benzene rings is 1. The number of carbonyl (C=O) groups excluding carboxylic acids is 1.